The third-order valence-electron chi connectivity index (χ3n) is 5.15. The van der Waals surface area contributed by atoms with Crippen molar-refractivity contribution in [2.24, 2.45) is 0 Å². The number of carbonyl (C=O) groups is 1. The molecular formula is C24H48O5Si. The first-order valence-electron chi connectivity index (χ1n) is 11.8. The van der Waals surface area contributed by atoms with Gasteiger partial charge in [-0.3, -0.25) is 4.79 Å². The van der Waals surface area contributed by atoms with Crippen LogP contribution in [0.4, 0.5) is 0 Å². The van der Waals surface area contributed by atoms with E-state index in [1.165, 1.54) is 26.4 Å². The Morgan fingerprint density at radius 3 is 2.13 bits per heavy atom. The first-order valence-corrected chi connectivity index (χ1v) is 15.2. The number of hydrogen-bond donors (Lipinski definition) is 0. The smallest absolute Gasteiger partial charge is 0.305 e. The third-order valence-corrected chi connectivity index (χ3v) is 6.13. The molecule has 0 fully saturated rings. The van der Waals surface area contributed by atoms with Crippen molar-refractivity contribution >= 4 is 14.3 Å². The number of esters is 1. The van der Waals surface area contributed by atoms with Gasteiger partial charge >= 0.3 is 5.97 Å². The Morgan fingerprint density at radius 1 is 0.900 bits per heavy atom. The second-order valence-corrected chi connectivity index (χ2v) is 13.4. The van der Waals surface area contributed by atoms with E-state index in [2.05, 4.69) is 43.5 Å². The minimum absolute atomic E-state index is 0.0488. The summed E-state index contributed by atoms with van der Waals surface area (Å²) in [6, 6.07) is 0. The number of carbonyl (C=O) groups excluding carboxylic acids is 1. The molecule has 0 rings (SSSR count). The maximum Gasteiger partial charge on any atom is 0.305 e. The van der Waals surface area contributed by atoms with Gasteiger partial charge in [0.25, 0.3) is 0 Å². The molecule has 0 heterocycles. The largest absolute Gasteiger partial charge is 0.469 e. The molecule has 0 aromatic rings. The predicted molar refractivity (Wildman–Crippen MR) is 127 cm³/mol. The van der Waals surface area contributed by atoms with Gasteiger partial charge in [0, 0.05) is 20.6 Å². The van der Waals surface area contributed by atoms with Crippen LogP contribution in [0.5, 0.6) is 0 Å². The molecule has 0 radical (unpaired) electrons. The van der Waals surface area contributed by atoms with Crippen LogP contribution in [-0.4, -0.2) is 53.9 Å². The van der Waals surface area contributed by atoms with Gasteiger partial charge in [0.15, 0.2) is 8.32 Å². The summed E-state index contributed by atoms with van der Waals surface area (Å²) in [7, 11) is 3.25. The van der Waals surface area contributed by atoms with E-state index in [1.54, 1.807) is 14.2 Å². The first-order chi connectivity index (χ1) is 14.3. The molecule has 178 valence electrons. The molecule has 0 aromatic heterocycles. The Labute approximate surface area is 187 Å². The van der Waals surface area contributed by atoms with Gasteiger partial charge < -0.3 is 18.6 Å². The molecule has 0 aromatic carbocycles. The van der Waals surface area contributed by atoms with Crippen molar-refractivity contribution in [2.75, 3.05) is 21.3 Å². The molecule has 0 N–H and O–H groups in total. The monoisotopic (exact) mass is 444 g/mol. The van der Waals surface area contributed by atoms with E-state index in [-0.39, 0.29) is 24.3 Å². The number of methoxy groups -OCH3 is 3. The number of ether oxygens (including phenoxy) is 3. The molecule has 30 heavy (non-hydrogen) atoms. The molecule has 5 nitrogen and oxygen atoms in total. The molecular weight excluding hydrogens is 396 g/mol. The van der Waals surface area contributed by atoms with Crippen LogP contribution >= 0.6 is 0 Å². The Bertz CT molecular complexity index is 447. The molecule has 3 atom stereocenters. The van der Waals surface area contributed by atoms with Crippen molar-refractivity contribution in [3.8, 4) is 0 Å². The fourth-order valence-electron chi connectivity index (χ4n) is 3.49. The number of unbranched alkanes of at least 4 members (excludes halogenated alkanes) is 7. The highest BCUT2D eigenvalue weighted by Crippen LogP contribution is 2.22. The van der Waals surface area contributed by atoms with Gasteiger partial charge in [0.2, 0.25) is 0 Å². The Balaban J connectivity index is 4.57. The molecule has 0 aliphatic heterocycles. The quantitative estimate of drug-likeness (QED) is 0.102. The highest BCUT2D eigenvalue weighted by Gasteiger charge is 2.33. The van der Waals surface area contributed by atoms with E-state index in [4.69, 9.17) is 13.9 Å². The lowest BCUT2D eigenvalue weighted by atomic mass is 10.0. The fourth-order valence-corrected chi connectivity index (χ4v) is 4.59. The van der Waals surface area contributed by atoms with Crippen LogP contribution in [-0.2, 0) is 23.4 Å². The van der Waals surface area contributed by atoms with Crippen LogP contribution in [0, 0.1) is 0 Å². The third kappa shape index (κ3) is 15.2. The Kier molecular flexibility index (Phi) is 17.5. The van der Waals surface area contributed by atoms with E-state index in [0.29, 0.717) is 6.42 Å². The Hall–Kier alpha value is -0.693. The van der Waals surface area contributed by atoms with E-state index in [1.807, 2.05) is 0 Å². The summed E-state index contributed by atoms with van der Waals surface area (Å²) >= 11 is 0. The number of hydrogen-bond acceptors (Lipinski definition) is 5. The van der Waals surface area contributed by atoms with Crippen molar-refractivity contribution in [2.45, 2.75) is 116 Å². The maximum absolute atomic E-state index is 11.1. The van der Waals surface area contributed by atoms with Crippen molar-refractivity contribution in [3.05, 3.63) is 12.2 Å². The van der Waals surface area contributed by atoms with Gasteiger partial charge in [0.1, 0.15) is 12.2 Å². The average Bonchev–Trinajstić information content (AvgIpc) is 2.70. The summed E-state index contributed by atoms with van der Waals surface area (Å²) in [6.07, 6.45) is 15.9. The summed E-state index contributed by atoms with van der Waals surface area (Å²) in [4.78, 5) is 11.1. The summed E-state index contributed by atoms with van der Waals surface area (Å²) in [5.74, 6) is -0.109. The topological polar surface area (TPSA) is 54.0 Å². The van der Waals surface area contributed by atoms with E-state index >= 15 is 0 Å². The normalized spacial score (nSPS) is 15.3. The van der Waals surface area contributed by atoms with E-state index in [0.717, 1.165) is 44.9 Å². The predicted octanol–water partition coefficient (Wildman–Crippen LogP) is 6.28. The molecule has 0 aliphatic carbocycles. The van der Waals surface area contributed by atoms with Crippen molar-refractivity contribution in [1.82, 2.24) is 0 Å². The molecule has 3 unspecified atom stereocenters. The van der Waals surface area contributed by atoms with Crippen LogP contribution in [0.15, 0.2) is 12.2 Å². The van der Waals surface area contributed by atoms with Crippen LogP contribution < -0.4 is 0 Å². The van der Waals surface area contributed by atoms with Gasteiger partial charge in [-0.1, -0.05) is 57.6 Å². The van der Waals surface area contributed by atoms with E-state index < -0.39 is 8.32 Å². The van der Waals surface area contributed by atoms with Crippen molar-refractivity contribution in [3.63, 3.8) is 0 Å². The zero-order chi connectivity index (χ0) is 22.8. The van der Waals surface area contributed by atoms with Crippen LogP contribution in [0.1, 0.15) is 77.6 Å². The van der Waals surface area contributed by atoms with Crippen LogP contribution in [0.25, 0.3) is 0 Å². The van der Waals surface area contributed by atoms with Crippen molar-refractivity contribution in [1.29, 1.82) is 0 Å². The molecule has 0 amide bonds. The summed E-state index contributed by atoms with van der Waals surface area (Å²) in [5.41, 5.74) is 0. The minimum Gasteiger partial charge on any atom is -0.469 e. The molecule has 0 spiro atoms. The van der Waals surface area contributed by atoms with Gasteiger partial charge in [-0.2, -0.15) is 0 Å². The first kappa shape index (κ1) is 29.3. The number of allylic oxidation sites excluding steroid dienone is 1. The van der Waals surface area contributed by atoms with Gasteiger partial charge in [-0.25, -0.2) is 0 Å². The average molecular weight is 445 g/mol. The lowest BCUT2D eigenvalue weighted by Crippen LogP contribution is -2.47. The lowest BCUT2D eigenvalue weighted by molar-refractivity contribution is -0.140. The summed E-state index contributed by atoms with van der Waals surface area (Å²) in [6.45, 7) is 8.87. The molecule has 0 saturated heterocycles. The highest BCUT2D eigenvalue weighted by atomic mass is 28.4. The van der Waals surface area contributed by atoms with Crippen molar-refractivity contribution < 1.29 is 23.4 Å². The molecule has 0 saturated carbocycles. The lowest BCUT2D eigenvalue weighted by Gasteiger charge is -2.35. The summed E-state index contributed by atoms with van der Waals surface area (Å²) < 4.78 is 22.9. The second kappa shape index (κ2) is 17.9. The van der Waals surface area contributed by atoms with Crippen LogP contribution in [0.3, 0.4) is 0 Å². The Morgan fingerprint density at radius 2 is 1.57 bits per heavy atom. The van der Waals surface area contributed by atoms with E-state index in [9.17, 15) is 4.79 Å². The van der Waals surface area contributed by atoms with Gasteiger partial charge in [-0.05, 0) is 45.3 Å². The van der Waals surface area contributed by atoms with Crippen LogP contribution in [0.2, 0.25) is 19.6 Å². The molecule has 0 aliphatic rings. The number of rotatable bonds is 19. The minimum atomic E-state index is -1.74. The van der Waals surface area contributed by atoms with Gasteiger partial charge in [-0.15, -0.1) is 0 Å². The molecule has 6 heteroatoms. The second-order valence-electron chi connectivity index (χ2n) is 8.98. The maximum atomic E-state index is 11.1. The standard InChI is InChI=1S/C24H48O5Si/c1-8-9-15-18-21(26-2)24(29-30(5,6)7)22(27-3)19-16-13-11-10-12-14-17-20-23(25)28-4/h16,19,21-22,24H,8-15,17-18,20H2,1-7H3/b19-16-. The molecule has 0 bridgehead atoms. The van der Waals surface area contributed by atoms with Gasteiger partial charge in [0.05, 0.1) is 13.2 Å². The summed E-state index contributed by atoms with van der Waals surface area (Å²) in [5, 5.41) is 0. The highest BCUT2D eigenvalue weighted by molar-refractivity contribution is 6.69. The SMILES string of the molecule is CCCCCC(OC)C(O[Si](C)(C)C)C(/C=C\CCCCCCCC(=O)OC)OC. The zero-order valence-electron chi connectivity index (χ0n) is 20.7. The fraction of sp³-hybridized carbons (Fsp3) is 0.875. The zero-order valence-corrected chi connectivity index (χ0v) is 21.7.